The van der Waals surface area contributed by atoms with Crippen LogP contribution in [0.3, 0.4) is 0 Å². The van der Waals surface area contributed by atoms with E-state index >= 15 is 0 Å². The van der Waals surface area contributed by atoms with Crippen molar-refractivity contribution in [3.8, 4) is 0 Å². The quantitative estimate of drug-likeness (QED) is 0.809. The third kappa shape index (κ3) is 3.92. The van der Waals surface area contributed by atoms with Crippen molar-refractivity contribution in [2.24, 2.45) is 0 Å². The van der Waals surface area contributed by atoms with Crippen LogP contribution in [0.15, 0.2) is 53.4 Å². The highest BCUT2D eigenvalue weighted by Crippen LogP contribution is 2.22. The molecule has 0 saturated carbocycles. The molecule has 1 heterocycles. The lowest BCUT2D eigenvalue weighted by molar-refractivity contribution is -0.125. The van der Waals surface area contributed by atoms with Crippen LogP contribution in [0.1, 0.15) is 17.3 Å². The minimum atomic E-state index is -3.81. The predicted octanol–water partition coefficient (Wildman–Crippen LogP) is 2.05. The Morgan fingerprint density at radius 1 is 1.15 bits per heavy atom. The van der Waals surface area contributed by atoms with Crippen molar-refractivity contribution in [1.82, 2.24) is 0 Å². The number of sulfonamides is 1. The first-order valence-electron chi connectivity index (χ1n) is 7.99. The van der Waals surface area contributed by atoms with Crippen LogP contribution in [-0.4, -0.2) is 39.9 Å². The average molecular weight is 374 g/mol. The van der Waals surface area contributed by atoms with Gasteiger partial charge in [-0.2, -0.15) is 0 Å². The van der Waals surface area contributed by atoms with Crippen LogP contribution in [0.2, 0.25) is 0 Å². The normalized spacial score (nSPS) is 15.0. The van der Waals surface area contributed by atoms with Crippen LogP contribution in [0.4, 0.5) is 11.4 Å². The Balaban J connectivity index is 1.80. The molecule has 0 aliphatic carbocycles. The summed E-state index contributed by atoms with van der Waals surface area (Å²) in [5.41, 5.74) is 1.35. The van der Waals surface area contributed by atoms with Crippen molar-refractivity contribution in [1.29, 1.82) is 0 Å². The summed E-state index contributed by atoms with van der Waals surface area (Å²) in [4.78, 5) is 24.9. The number of ketones is 1. The molecule has 1 N–H and O–H groups in total. The van der Waals surface area contributed by atoms with E-state index in [0.29, 0.717) is 30.1 Å². The second-order valence-corrected chi connectivity index (χ2v) is 7.52. The van der Waals surface area contributed by atoms with E-state index in [1.807, 2.05) is 0 Å². The Kier molecular flexibility index (Phi) is 5.06. The first-order chi connectivity index (χ1) is 12.4. The highest BCUT2D eigenvalue weighted by molar-refractivity contribution is 7.92. The molecule has 26 heavy (non-hydrogen) atoms. The van der Waals surface area contributed by atoms with E-state index in [1.165, 1.54) is 25.1 Å². The third-order valence-electron chi connectivity index (χ3n) is 3.97. The summed E-state index contributed by atoms with van der Waals surface area (Å²) in [6, 6.07) is 12.3. The molecule has 0 bridgehead atoms. The molecule has 3 rings (SSSR count). The molecule has 1 fully saturated rings. The number of hydrogen-bond acceptors (Lipinski definition) is 5. The van der Waals surface area contributed by atoms with Crippen LogP contribution >= 0.6 is 0 Å². The molecule has 0 unspecified atom stereocenters. The van der Waals surface area contributed by atoms with Gasteiger partial charge in [0.25, 0.3) is 15.9 Å². The van der Waals surface area contributed by atoms with E-state index in [9.17, 15) is 18.0 Å². The monoisotopic (exact) mass is 374 g/mol. The summed E-state index contributed by atoms with van der Waals surface area (Å²) >= 11 is 0. The second kappa shape index (κ2) is 7.27. The zero-order chi connectivity index (χ0) is 18.7. The molecule has 1 saturated heterocycles. The summed E-state index contributed by atoms with van der Waals surface area (Å²) in [5.74, 6) is -0.309. The average Bonchev–Trinajstić information content (AvgIpc) is 2.62. The van der Waals surface area contributed by atoms with E-state index in [0.717, 1.165) is 0 Å². The first-order valence-corrected chi connectivity index (χ1v) is 9.47. The van der Waals surface area contributed by atoms with E-state index < -0.39 is 10.0 Å². The third-order valence-corrected chi connectivity index (χ3v) is 5.36. The van der Waals surface area contributed by atoms with Crippen LogP contribution in [0.25, 0.3) is 0 Å². The summed E-state index contributed by atoms with van der Waals surface area (Å²) in [7, 11) is -3.81. The van der Waals surface area contributed by atoms with Crippen molar-refractivity contribution in [2.45, 2.75) is 11.8 Å². The van der Waals surface area contributed by atoms with Gasteiger partial charge in [-0.3, -0.25) is 14.3 Å². The Morgan fingerprint density at radius 2 is 1.88 bits per heavy atom. The lowest BCUT2D eigenvalue weighted by Gasteiger charge is -2.26. The minimum Gasteiger partial charge on any atom is -0.370 e. The maximum atomic E-state index is 12.5. The maximum absolute atomic E-state index is 12.5. The molecule has 0 radical (unpaired) electrons. The second-order valence-electron chi connectivity index (χ2n) is 5.83. The number of rotatable bonds is 5. The predicted molar refractivity (Wildman–Crippen MR) is 96.9 cm³/mol. The van der Waals surface area contributed by atoms with Crippen molar-refractivity contribution in [3.63, 3.8) is 0 Å². The molecule has 136 valence electrons. The zero-order valence-electron chi connectivity index (χ0n) is 14.1. The number of Topliss-reactive ketones (excluding diaryl/α,β-unsaturated/α-hetero) is 1. The van der Waals surface area contributed by atoms with Gasteiger partial charge in [-0.15, -0.1) is 0 Å². The highest BCUT2D eigenvalue weighted by atomic mass is 32.2. The van der Waals surface area contributed by atoms with Gasteiger partial charge in [0.15, 0.2) is 5.78 Å². The van der Waals surface area contributed by atoms with Gasteiger partial charge in [0.2, 0.25) is 0 Å². The van der Waals surface area contributed by atoms with Crippen molar-refractivity contribution >= 4 is 33.1 Å². The fourth-order valence-corrected chi connectivity index (χ4v) is 3.66. The number of anilines is 2. The molecular formula is C18H18N2O5S. The molecule has 0 spiro atoms. The van der Waals surface area contributed by atoms with E-state index in [4.69, 9.17) is 4.74 Å². The molecule has 1 amide bonds. The first kappa shape index (κ1) is 18.1. The highest BCUT2D eigenvalue weighted by Gasteiger charge is 2.21. The number of benzene rings is 2. The number of amides is 1. The summed E-state index contributed by atoms with van der Waals surface area (Å²) < 4.78 is 32.6. The van der Waals surface area contributed by atoms with Crippen LogP contribution < -0.4 is 9.62 Å². The number of nitrogens with one attached hydrogen (secondary N) is 1. The lowest BCUT2D eigenvalue weighted by Crippen LogP contribution is -2.41. The van der Waals surface area contributed by atoms with Crippen LogP contribution in [0, 0.1) is 0 Å². The van der Waals surface area contributed by atoms with Gasteiger partial charge in [0.1, 0.15) is 6.61 Å². The molecular weight excluding hydrogens is 356 g/mol. The minimum absolute atomic E-state index is 0.0219. The van der Waals surface area contributed by atoms with Crippen molar-refractivity contribution in [2.75, 3.05) is 29.4 Å². The van der Waals surface area contributed by atoms with Gasteiger partial charge in [-0.1, -0.05) is 12.1 Å². The van der Waals surface area contributed by atoms with Gasteiger partial charge >= 0.3 is 0 Å². The van der Waals surface area contributed by atoms with Crippen molar-refractivity contribution in [3.05, 3.63) is 54.1 Å². The Labute approximate surface area is 151 Å². The number of ether oxygens (including phenoxy) is 1. The van der Waals surface area contributed by atoms with Gasteiger partial charge < -0.3 is 9.64 Å². The van der Waals surface area contributed by atoms with Gasteiger partial charge in [0, 0.05) is 23.5 Å². The number of hydrogen-bond donors (Lipinski definition) is 1. The van der Waals surface area contributed by atoms with Gasteiger partial charge in [-0.05, 0) is 43.3 Å². The number of nitrogens with zero attached hydrogens (tertiary/aromatic N) is 1. The lowest BCUT2D eigenvalue weighted by atomic mass is 10.1. The molecule has 0 atom stereocenters. The molecule has 2 aromatic rings. The molecule has 8 heteroatoms. The van der Waals surface area contributed by atoms with Crippen LogP contribution in [-0.2, 0) is 19.6 Å². The fraction of sp³-hybridized carbons (Fsp3) is 0.222. The summed E-state index contributed by atoms with van der Waals surface area (Å²) in [5, 5.41) is 0. The molecule has 7 nitrogen and oxygen atoms in total. The molecule has 2 aromatic carbocycles. The molecule has 1 aliphatic heterocycles. The SMILES string of the molecule is CC(=O)c1cccc(NS(=O)(=O)c2ccc(N3CCOCC3=O)cc2)c1. The Hall–Kier alpha value is -2.71. The fourth-order valence-electron chi connectivity index (χ4n) is 2.61. The standard InChI is InChI=1S/C18H18N2O5S/c1-13(21)14-3-2-4-15(11-14)19-26(23,24)17-7-5-16(6-8-17)20-9-10-25-12-18(20)22/h2-8,11,19H,9-10,12H2,1H3. The number of morpholine rings is 1. The van der Waals surface area contributed by atoms with E-state index in [2.05, 4.69) is 4.72 Å². The Bertz CT molecular complexity index is 938. The maximum Gasteiger partial charge on any atom is 0.261 e. The summed E-state index contributed by atoms with van der Waals surface area (Å²) in [6.07, 6.45) is 0. The van der Waals surface area contributed by atoms with E-state index in [1.54, 1.807) is 35.2 Å². The molecule has 1 aliphatic rings. The smallest absolute Gasteiger partial charge is 0.261 e. The Morgan fingerprint density at radius 3 is 2.54 bits per heavy atom. The van der Waals surface area contributed by atoms with E-state index in [-0.39, 0.29) is 23.2 Å². The van der Waals surface area contributed by atoms with Gasteiger partial charge in [-0.25, -0.2) is 8.42 Å². The largest absolute Gasteiger partial charge is 0.370 e. The van der Waals surface area contributed by atoms with Gasteiger partial charge in [0.05, 0.1) is 11.5 Å². The topological polar surface area (TPSA) is 92.8 Å². The molecule has 0 aromatic heterocycles. The van der Waals surface area contributed by atoms with Crippen LogP contribution in [0.5, 0.6) is 0 Å². The zero-order valence-corrected chi connectivity index (χ0v) is 15.0. The summed E-state index contributed by atoms with van der Waals surface area (Å²) in [6.45, 7) is 2.31. The van der Waals surface area contributed by atoms with Crippen molar-refractivity contribution < 1.29 is 22.7 Å². The number of carbonyl (C=O) groups excluding carboxylic acids is 2. The number of carbonyl (C=O) groups is 2.